The van der Waals surface area contributed by atoms with Gasteiger partial charge in [0.15, 0.2) is 5.82 Å². The first-order chi connectivity index (χ1) is 9.70. The van der Waals surface area contributed by atoms with Crippen LogP contribution in [0.25, 0.3) is 11.4 Å². The molecule has 110 valence electrons. The van der Waals surface area contributed by atoms with Crippen molar-refractivity contribution in [2.75, 3.05) is 0 Å². The fourth-order valence-electron chi connectivity index (χ4n) is 2.03. The minimum Gasteiger partial charge on any atom is -0.478 e. The summed E-state index contributed by atoms with van der Waals surface area (Å²) in [7, 11) is 0. The zero-order valence-corrected chi connectivity index (χ0v) is 13.2. The van der Waals surface area contributed by atoms with Gasteiger partial charge < -0.3 is 5.11 Å². The molecule has 1 N–H and O–H groups in total. The van der Waals surface area contributed by atoms with E-state index in [1.54, 1.807) is 6.92 Å². The Morgan fingerprint density at radius 2 is 1.71 bits per heavy atom. The van der Waals surface area contributed by atoms with Crippen LogP contribution in [-0.4, -0.2) is 21.0 Å². The molecule has 0 unspecified atom stereocenters. The monoisotopic (exact) mass is 304 g/mol. The molecule has 2 rings (SSSR count). The lowest BCUT2D eigenvalue weighted by Crippen LogP contribution is -2.10. The molecule has 0 aliphatic carbocycles. The van der Waals surface area contributed by atoms with Gasteiger partial charge in [0.25, 0.3) is 0 Å². The van der Waals surface area contributed by atoms with E-state index in [4.69, 9.17) is 16.7 Å². The summed E-state index contributed by atoms with van der Waals surface area (Å²) in [5.74, 6) is -0.685. The summed E-state index contributed by atoms with van der Waals surface area (Å²) in [6, 6.07) is 7.89. The van der Waals surface area contributed by atoms with Crippen LogP contribution in [0.15, 0.2) is 24.3 Å². The minimum absolute atomic E-state index is 0.0371. The van der Waals surface area contributed by atoms with Crippen molar-refractivity contribution in [1.82, 2.24) is 9.97 Å². The van der Waals surface area contributed by atoms with Crippen LogP contribution in [0.5, 0.6) is 0 Å². The first kappa shape index (κ1) is 15.4. The average molecular weight is 305 g/mol. The fourth-order valence-corrected chi connectivity index (χ4v) is 2.33. The number of halogens is 1. The number of carboxylic acid groups (broad SMARTS) is 1. The molecule has 0 fully saturated rings. The number of aromatic carboxylic acids is 1. The molecule has 5 heteroatoms. The first-order valence-electron chi connectivity index (χ1n) is 6.58. The number of aromatic nitrogens is 2. The van der Waals surface area contributed by atoms with Crippen molar-refractivity contribution in [2.45, 2.75) is 33.1 Å². The van der Waals surface area contributed by atoms with Gasteiger partial charge in [-0.05, 0) is 17.9 Å². The molecule has 0 amide bonds. The van der Waals surface area contributed by atoms with E-state index in [0.29, 0.717) is 11.5 Å². The Kier molecular flexibility index (Phi) is 4.01. The van der Waals surface area contributed by atoms with Gasteiger partial charge in [0.05, 0.1) is 5.69 Å². The van der Waals surface area contributed by atoms with Gasteiger partial charge in [-0.15, -0.1) is 0 Å². The lowest BCUT2D eigenvalue weighted by Gasteiger charge is -2.19. The molecule has 1 aromatic carbocycles. The van der Waals surface area contributed by atoms with Crippen molar-refractivity contribution in [3.63, 3.8) is 0 Å². The van der Waals surface area contributed by atoms with E-state index in [0.717, 1.165) is 5.56 Å². The van der Waals surface area contributed by atoms with Crippen molar-refractivity contribution in [1.29, 1.82) is 0 Å². The highest BCUT2D eigenvalue weighted by atomic mass is 35.5. The molecular formula is C16H17ClN2O2. The second-order valence-electron chi connectivity index (χ2n) is 5.93. The molecule has 1 heterocycles. The third-order valence-corrected chi connectivity index (χ3v) is 3.54. The van der Waals surface area contributed by atoms with Gasteiger partial charge in [0.2, 0.25) is 0 Å². The number of nitrogens with zero attached hydrogens (tertiary/aromatic N) is 2. The summed E-state index contributed by atoms with van der Waals surface area (Å²) in [5.41, 5.74) is 2.39. The number of carbonyl (C=O) groups is 1. The third kappa shape index (κ3) is 3.22. The van der Waals surface area contributed by atoms with Crippen LogP contribution in [0.1, 0.15) is 42.4 Å². The molecule has 0 aliphatic rings. The molecule has 0 radical (unpaired) electrons. The van der Waals surface area contributed by atoms with Crippen molar-refractivity contribution < 1.29 is 9.90 Å². The molecule has 1 aromatic heterocycles. The maximum atomic E-state index is 11.1. The van der Waals surface area contributed by atoms with E-state index in [-0.39, 0.29) is 16.1 Å². The predicted octanol–water partition coefficient (Wildman–Crippen LogP) is 4.10. The Morgan fingerprint density at radius 3 is 2.14 bits per heavy atom. The molecule has 0 bridgehead atoms. The maximum Gasteiger partial charge on any atom is 0.340 e. The van der Waals surface area contributed by atoms with Crippen LogP contribution in [0.2, 0.25) is 5.15 Å². The summed E-state index contributed by atoms with van der Waals surface area (Å²) in [4.78, 5) is 19.4. The summed E-state index contributed by atoms with van der Waals surface area (Å²) in [6.07, 6.45) is 0. The topological polar surface area (TPSA) is 63.1 Å². The molecule has 4 nitrogen and oxygen atoms in total. The zero-order valence-electron chi connectivity index (χ0n) is 12.4. The quantitative estimate of drug-likeness (QED) is 0.848. The summed E-state index contributed by atoms with van der Waals surface area (Å²) >= 11 is 5.95. The van der Waals surface area contributed by atoms with E-state index in [2.05, 4.69) is 30.7 Å². The number of carboxylic acids is 1. The molecule has 0 spiro atoms. The number of hydrogen-bond donors (Lipinski definition) is 1. The number of aryl methyl sites for hydroxylation is 1. The van der Waals surface area contributed by atoms with Crippen LogP contribution in [0.4, 0.5) is 0 Å². The highest BCUT2D eigenvalue weighted by Crippen LogP contribution is 2.26. The Balaban J connectivity index is 2.46. The molecule has 0 saturated carbocycles. The van der Waals surface area contributed by atoms with Crippen LogP contribution >= 0.6 is 11.6 Å². The van der Waals surface area contributed by atoms with E-state index in [1.807, 2.05) is 24.3 Å². The number of benzene rings is 1. The van der Waals surface area contributed by atoms with Crippen LogP contribution in [0.3, 0.4) is 0 Å². The Morgan fingerprint density at radius 1 is 1.14 bits per heavy atom. The van der Waals surface area contributed by atoms with E-state index >= 15 is 0 Å². The average Bonchev–Trinajstić information content (AvgIpc) is 2.36. The van der Waals surface area contributed by atoms with Gasteiger partial charge >= 0.3 is 5.97 Å². The lowest BCUT2D eigenvalue weighted by atomic mass is 9.87. The van der Waals surface area contributed by atoms with Crippen molar-refractivity contribution in [2.24, 2.45) is 0 Å². The maximum absolute atomic E-state index is 11.1. The highest BCUT2D eigenvalue weighted by molar-refractivity contribution is 6.32. The van der Waals surface area contributed by atoms with Crippen molar-refractivity contribution in [3.8, 4) is 11.4 Å². The van der Waals surface area contributed by atoms with E-state index < -0.39 is 5.97 Å². The van der Waals surface area contributed by atoms with Gasteiger partial charge in [-0.2, -0.15) is 0 Å². The van der Waals surface area contributed by atoms with Gasteiger partial charge in [-0.25, -0.2) is 14.8 Å². The second kappa shape index (κ2) is 5.45. The Bertz CT molecular complexity index is 665. The van der Waals surface area contributed by atoms with Gasteiger partial charge in [0.1, 0.15) is 10.7 Å². The predicted molar refractivity (Wildman–Crippen MR) is 82.9 cm³/mol. The normalized spacial score (nSPS) is 11.5. The largest absolute Gasteiger partial charge is 0.478 e. The summed E-state index contributed by atoms with van der Waals surface area (Å²) in [6.45, 7) is 8.04. The molecule has 2 aromatic rings. The fraction of sp³-hybridized carbons (Fsp3) is 0.312. The molecule has 0 saturated heterocycles. The van der Waals surface area contributed by atoms with Gasteiger partial charge in [-0.3, -0.25) is 0 Å². The van der Waals surface area contributed by atoms with Crippen molar-refractivity contribution in [3.05, 3.63) is 46.2 Å². The summed E-state index contributed by atoms with van der Waals surface area (Å²) < 4.78 is 0. The SMILES string of the molecule is Cc1nc(-c2ccc(C(C)(C)C)cc2)nc(Cl)c1C(=O)O. The van der Waals surface area contributed by atoms with Gasteiger partial charge in [-0.1, -0.05) is 56.6 Å². The lowest BCUT2D eigenvalue weighted by molar-refractivity contribution is 0.0695. The van der Waals surface area contributed by atoms with Crippen LogP contribution in [-0.2, 0) is 5.41 Å². The van der Waals surface area contributed by atoms with Crippen molar-refractivity contribution >= 4 is 17.6 Å². The highest BCUT2D eigenvalue weighted by Gasteiger charge is 2.18. The second-order valence-corrected chi connectivity index (χ2v) is 6.29. The Hall–Kier alpha value is -1.94. The summed E-state index contributed by atoms with van der Waals surface area (Å²) in [5, 5.41) is 9.03. The van der Waals surface area contributed by atoms with E-state index in [9.17, 15) is 4.79 Å². The number of hydrogen-bond acceptors (Lipinski definition) is 3. The Labute approximate surface area is 128 Å². The van der Waals surface area contributed by atoms with Gasteiger partial charge in [0, 0.05) is 5.56 Å². The standard InChI is InChI=1S/C16H17ClN2O2/c1-9-12(15(20)21)13(17)19-14(18-9)10-5-7-11(8-6-10)16(2,3)4/h5-8H,1-4H3,(H,20,21). The molecular weight excluding hydrogens is 288 g/mol. The molecule has 0 aliphatic heterocycles. The smallest absolute Gasteiger partial charge is 0.340 e. The number of rotatable bonds is 2. The first-order valence-corrected chi connectivity index (χ1v) is 6.96. The zero-order chi connectivity index (χ0) is 15.8. The minimum atomic E-state index is -1.12. The van der Waals surface area contributed by atoms with Crippen LogP contribution in [0, 0.1) is 6.92 Å². The van der Waals surface area contributed by atoms with E-state index in [1.165, 1.54) is 5.56 Å². The van der Waals surface area contributed by atoms with Crippen LogP contribution < -0.4 is 0 Å². The molecule has 21 heavy (non-hydrogen) atoms. The molecule has 0 atom stereocenters. The third-order valence-electron chi connectivity index (χ3n) is 3.27.